The summed E-state index contributed by atoms with van der Waals surface area (Å²) in [4.78, 5) is 11.6. The summed E-state index contributed by atoms with van der Waals surface area (Å²) >= 11 is 0. The fraction of sp³-hybridized carbons (Fsp3) is 0.533. The van der Waals surface area contributed by atoms with Crippen LogP contribution in [-0.4, -0.2) is 25.7 Å². The van der Waals surface area contributed by atoms with Gasteiger partial charge in [-0.15, -0.1) is 0 Å². The molecular formula is C15H23NO3. The van der Waals surface area contributed by atoms with E-state index >= 15 is 0 Å². The first-order valence-corrected chi connectivity index (χ1v) is 6.70. The minimum absolute atomic E-state index is 0.260. The lowest BCUT2D eigenvalue weighted by molar-refractivity contribution is -0.141. The van der Waals surface area contributed by atoms with Crippen molar-refractivity contribution in [3.8, 4) is 5.75 Å². The number of methoxy groups -OCH3 is 1. The van der Waals surface area contributed by atoms with Crippen LogP contribution >= 0.6 is 0 Å². The zero-order valence-electron chi connectivity index (χ0n) is 12.2. The average Bonchev–Trinajstić information content (AvgIpc) is 2.43. The monoisotopic (exact) mass is 265 g/mol. The molecule has 0 aliphatic heterocycles. The van der Waals surface area contributed by atoms with Gasteiger partial charge in [-0.05, 0) is 37.5 Å². The first kappa shape index (κ1) is 15.3. The van der Waals surface area contributed by atoms with Gasteiger partial charge in [-0.25, -0.2) is 4.79 Å². The highest BCUT2D eigenvalue weighted by Crippen LogP contribution is 2.27. The number of carbonyl (C=O) groups is 1. The van der Waals surface area contributed by atoms with Crippen LogP contribution in [0.3, 0.4) is 0 Å². The Labute approximate surface area is 115 Å². The van der Waals surface area contributed by atoms with Gasteiger partial charge in [-0.1, -0.05) is 19.9 Å². The van der Waals surface area contributed by atoms with Gasteiger partial charge < -0.3 is 14.8 Å². The highest BCUT2D eigenvalue weighted by atomic mass is 16.5. The Bertz CT molecular complexity index is 418. The van der Waals surface area contributed by atoms with E-state index < -0.39 is 0 Å². The van der Waals surface area contributed by atoms with E-state index in [4.69, 9.17) is 9.47 Å². The standard InChI is InChI=1S/C15H23NO3/c1-5-9-19-14-10-11(3)7-8-13(14)16-12(6-2)15(17)18-4/h7-8,10,12,16H,5-6,9H2,1-4H3. The van der Waals surface area contributed by atoms with Gasteiger partial charge >= 0.3 is 5.97 Å². The van der Waals surface area contributed by atoms with Crippen LogP contribution in [0.5, 0.6) is 5.75 Å². The molecule has 0 aliphatic rings. The van der Waals surface area contributed by atoms with Crippen molar-refractivity contribution in [1.29, 1.82) is 0 Å². The van der Waals surface area contributed by atoms with Gasteiger partial charge in [0.15, 0.2) is 0 Å². The van der Waals surface area contributed by atoms with Crippen molar-refractivity contribution in [3.05, 3.63) is 23.8 Å². The molecule has 1 N–H and O–H groups in total. The summed E-state index contributed by atoms with van der Waals surface area (Å²) in [5, 5.41) is 3.18. The molecule has 0 spiro atoms. The summed E-state index contributed by atoms with van der Waals surface area (Å²) in [5.41, 5.74) is 1.96. The zero-order chi connectivity index (χ0) is 14.3. The molecule has 4 nitrogen and oxygen atoms in total. The van der Waals surface area contributed by atoms with Gasteiger partial charge in [0.1, 0.15) is 11.8 Å². The molecule has 0 saturated carbocycles. The smallest absolute Gasteiger partial charge is 0.328 e. The number of anilines is 1. The first-order chi connectivity index (χ1) is 9.12. The predicted molar refractivity (Wildman–Crippen MR) is 76.7 cm³/mol. The number of rotatable bonds is 7. The summed E-state index contributed by atoms with van der Waals surface area (Å²) in [6.45, 7) is 6.68. The Morgan fingerprint density at radius 1 is 1.37 bits per heavy atom. The molecule has 106 valence electrons. The molecule has 1 rings (SSSR count). The van der Waals surface area contributed by atoms with E-state index in [-0.39, 0.29) is 12.0 Å². The van der Waals surface area contributed by atoms with Gasteiger partial charge in [0.05, 0.1) is 19.4 Å². The minimum Gasteiger partial charge on any atom is -0.491 e. The van der Waals surface area contributed by atoms with Crippen molar-refractivity contribution >= 4 is 11.7 Å². The van der Waals surface area contributed by atoms with Gasteiger partial charge in [0, 0.05) is 0 Å². The molecule has 0 heterocycles. The fourth-order valence-corrected chi connectivity index (χ4v) is 1.74. The Morgan fingerprint density at radius 3 is 2.68 bits per heavy atom. The first-order valence-electron chi connectivity index (χ1n) is 6.70. The van der Waals surface area contributed by atoms with Crippen LogP contribution in [0.1, 0.15) is 32.3 Å². The zero-order valence-corrected chi connectivity index (χ0v) is 12.2. The van der Waals surface area contributed by atoms with Crippen LogP contribution in [0.25, 0.3) is 0 Å². The summed E-state index contributed by atoms with van der Waals surface area (Å²) in [6.07, 6.45) is 1.61. The Kier molecular flexibility index (Phi) is 6.19. The lowest BCUT2D eigenvalue weighted by Gasteiger charge is -2.19. The van der Waals surface area contributed by atoms with Crippen molar-refractivity contribution in [2.45, 2.75) is 39.7 Å². The number of carbonyl (C=O) groups excluding carboxylic acids is 1. The van der Waals surface area contributed by atoms with Crippen LogP contribution in [0.15, 0.2) is 18.2 Å². The van der Waals surface area contributed by atoms with Gasteiger partial charge in [0.25, 0.3) is 0 Å². The van der Waals surface area contributed by atoms with E-state index in [1.807, 2.05) is 32.0 Å². The number of esters is 1. The van der Waals surface area contributed by atoms with E-state index in [0.717, 1.165) is 23.4 Å². The SMILES string of the molecule is CCCOc1cc(C)ccc1NC(CC)C(=O)OC. The lowest BCUT2D eigenvalue weighted by Crippen LogP contribution is -2.30. The molecule has 0 aromatic heterocycles. The number of aryl methyl sites for hydroxylation is 1. The maximum absolute atomic E-state index is 11.6. The maximum Gasteiger partial charge on any atom is 0.328 e. The normalized spacial score (nSPS) is 11.8. The topological polar surface area (TPSA) is 47.6 Å². The number of hydrogen-bond donors (Lipinski definition) is 1. The van der Waals surface area contributed by atoms with E-state index in [0.29, 0.717) is 13.0 Å². The molecule has 0 bridgehead atoms. The molecule has 0 radical (unpaired) electrons. The predicted octanol–water partition coefficient (Wildman–Crippen LogP) is 3.15. The lowest BCUT2D eigenvalue weighted by atomic mass is 10.1. The third-order valence-corrected chi connectivity index (χ3v) is 2.82. The van der Waals surface area contributed by atoms with Gasteiger partial charge in [-0.3, -0.25) is 0 Å². The second-order valence-electron chi connectivity index (χ2n) is 4.48. The van der Waals surface area contributed by atoms with Crippen LogP contribution in [0.2, 0.25) is 0 Å². The van der Waals surface area contributed by atoms with Crippen LogP contribution in [0, 0.1) is 6.92 Å². The van der Waals surface area contributed by atoms with Crippen molar-refractivity contribution in [2.75, 3.05) is 19.0 Å². The Hall–Kier alpha value is -1.71. The Balaban J connectivity index is 2.88. The van der Waals surface area contributed by atoms with E-state index in [1.165, 1.54) is 7.11 Å². The maximum atomic E-state index is 11.6. The molecule has 1 atom stereocenters. The fourth-order valence-electron chi connectivity index (χ4n) is 1.74. The highest BCUT2D eigenvalue weighted by molar-refractivity contribution is 5.80. The summed E-state index contributed by atoms with van der Waals surface area (Å²) in [5.74, 6) is 0.522. The quantitative estimate of drug-likeness (QED) is 0.769. The molecule has 1 aromatic rings. The molecule has 4 heteroatoms. The number of hydrogen-bond acceptors (Lipinski definition) is 4. The van der Waals surface area contributed by atoms with Crippen molar-refractivity contribution in [1.82, 2.24) is 0 Å². The number of nitrogens with one attached hydrogen (secondary N) is 1. The number of ether oxygens (including phenoxy) is 2. The van der Waals surface area contributed by atoms with Crippen molar-refractivity contribution in [3.63, 3.8) is 0 Å². The number of benzene rings is 1. The highest BCUT2D eigenvalue weighted by Gasteiger charge is 2.18. The van der Waals surface area contributed by atoms with E-state index in [9.17, 15) is 4.79 Å². The van der Waals surface area contributed by atoms with Crippen LogP contribution < -0.4 is 10.1 Å². The molecule has 1 aromatic carbocycles. The van der Waals surface area contributed by atoms with Crippen LogP contribution in [0.4, 0.5) is 5.69 Å². The third kappa shape index (κ3) is 4.47. The molecule has 19 heavy (non-hydrogen) atoms. The second-order valence-corrected chi connectivity index (χ2v) is 4.48. The molecule has 0 aliphatic carbocycles. The molecule has 1 unspecified atom stereocenters. The second kappa shape index (κ2) is 7.67. The van der Waals surface area contributed by atoms with E-state index in [2.05, 4.69) is 12.2 Å². The minimum atomic E-state index is -0.350. The van der Waals surface area contributed by atoms with Crippen molar-refractivity contribution in [2.24, 2.45) is 0 Å². The average molecular weight is 265 g/mol. The van der Waals surface area contributed by atoms with E-state index in [1.54, 1.807) is 0 Å². The van der Waals surface area contributed by atoms with Crippen molar-refractivity contribution < 1.29 is 14.3 Å². The Morgan fingerprint density at radius 2 is 2.11 bits per heavy atom. The molecular weight excluding hydrogens is 242 g/mol. The summed E-state index contributed by atoms with van der Waals surface area (Å²) in [6, 6.07) is 5.55. The molecule has 0 fully saturated rings. The van der Waals surface area contributed by atoms with Crippen LogP contribution in [-0.2, 0) is 9.53 Å². The molecule has 0 saturated heterocycles. The largest absolute Gasteiger partial charge is 0.491 e. The molecule has 0 amide bonds. The van der Waals surface area contributed by atoms with Gasteiger partial charge in [-0.2, -0.15) is 0 Å². The summed E-state index contributed by atoms with van der Waals surface area (Å²) in [7, 11) is 1.40. The summed E-state index contributed by atoms with van der Waals surface area (Å²) < 4.78 is 10.5. The third-order valence-electron chi connectivity index (χ3n) is 2.82. The van der Waals surface area contributed by atoms with Gasteiger partial charge in [0.2, 0.25) is 0 Å².